The minimum absolute atomic E-state index is 0.00126. The van der Waals surface area contributed by atoms with Crippen LogP contribution in [0, 0.1) is 23.2 Å². The van der Waals surface area contributed by atoms with E-state index in [1.54, 1.807) is 22.8 Å². The maximum absolute atomic E-state index is 13.7. The third-order valence-corrected chi connectivity index (χ3v) is 9.27. The molecule has 0 spiro atoms. The Balaban J connectivity index is 1.44. The van der Waals surface area contributed by atoms with Crippen molar-refractivity contribution < 1.29 is 9.53 Å². The molecular formula is C24H30N4O3S2. The van der Waals surface area contributed by atoms with Crippen LogP contribution in [0.1, 0.15) is 56.4 Å². The Labute approximate surface area is 201 Å². The van der Waals surface area contributed by atoms with E-state index in [0.717, 1.165) is 61.8 Å². The van der Waals surface area contributed by atoms with E-state index in [1.165, 1.54) is 22.2 Å². The van der Waals surface area contributed by atoms with Crippen LogP contribution in [-0.4, -0.2) is 39.5 Å². The highest BCUT2D eigenvalue weighted by Crippen LogP contribution is 2.39. The van der Waals surface area contributed by atoms with E-state index >= 15 is 0 Å². The smallest absolute Gasteiger partial charge is 0.263 e. The minimum atomic E-state index is -0.824. The third-order valence-electron chi connectivity index (χ3n) is 7.15. The lowest BCUT2D eigenvalue weighted by atomic mass is 9.89. The quantitative estimate of drug-likeness (QED) is 0.474. The second kappa shape index (κ2) is 9.05. The van der Waals surface area contributed by atoms with Crippen molar-refractivity contribution in [1.29, 1.82) is 5.26 Å². The lowest BCUT2D eigenvalue weighted by Gasteiger charge is -2.23. The van der Waals surface area contributed by atoms with Crippen LogP contribution >= 0.6 is 23.1 Å². The topological polar surface area (TPSA) is 97.0 Å². The molecule has 3 atom stereocenters. The summed E-state index contributed by atoms with van der Waals surface area (Å²) in [6.45, 7) is 5.24. The van der Waals surface area contributed by atoms with Crippen LogP contribution in [-0.2, 0) is 28.9 Å². The minimum Gasteiger partial charge on any atom is -0.376 e. The molecule has 1 saturated heterocycles. The lowest BCUT2D eigenvalue weighted by Crippen LogP contribution is -2.47. The number of amides is 1. The van der Waals surface area contributed by atoms with E-state index in [0.29, 0.717) is 17.6 Å². The zero-order valence-electron chi connectivity index (χ0n) is 19.2. The number of aryl methyl sites for hydroxylation is 1. The average molecular weight is 487 g/mol. The molecule has 2 aromatic rings. The Hall–Kier alpha value is -1.89. The fourth-order valence-electron chi connectivity index (χ4n) is 5.01. The monoisotopic (exact) mass is 486 g/mol. The van der Waals surface area contributed by atoms with Crippen LogP contribution in [0.5, 0.6) is 0 Å². The number of nitrogens with one attached hydrogen (secondary N) is 1. The summed E-state index contributed by atoms with van der Waals surface area (Å²) in [6.07, 6.45) is 6.89. The highest BCUT2D eigenvalue weighted by atomic mass is 32.2. The molecule has 33 heavy (non-hydrogen) atoms. The number of hydrogen-bond donors (Lipinski definition) is 1. The van der Waals surface area contributed by atoms with Gasteiger partial charge in [0.2, 0.25) is 5.91 Å². The van der Waals surface area contributed by atoms with Crippen LogP contribution in [0.4, 0.5) is 0 Å². The van der Waals surface area contributed by atoms with Gasteiger partial charge in [0, 0.05) is 11.5 Å². The molecule has 7 nitrogen and oxygen atoms in total. The van der Waals surface area contributed by atoms with E-state index in [4.69, 9.17) is 9.72 Å². The highest BCUT2D eigenvalue weighted by molar-refractivity contribution is 7.99. The van der Waals surface area contributed by atoms with Crippen molar-refractivity contribution in [2.24, 2.45) is 11.8 Å². The first-order valence-electron chi connectivity index (χ1n) is 11.9. The van der Waals surface area contributed by atoms with E-state index < -0.39 is 5.54 Å². The summed E-state index contributed by atoms with van der Waals surface area (Å²) in [5, 5.41) is 13.8. The largest absolute Gasteiger partial charge is 0.376 e. The summed E-state index contributed by atoms with van der Waals surface area (Å²) in [5.41, 5.74) is 0.344. The number of ether oxygens (including phenoxy) is 1. The number of thioether (sulfide) groups is 1. The van der Waals surface area contributed by atoms with Gasteiger partial charge in [-0.05, 0) is 69.3 Å². The molecule has 9 heteroatoms. The first-order valence-corrected chi connectivity index (χ1v) is 13.7. The van der Waals surface area contributed by atoms with Crippen LogP contribution in [0.3, 0.4) is 0 Å². The van der Waals surface area contributed by atoms with Crippen LogP contribution in [0.25, 0.3) is 10.2 Å². The maximum atomic E-state index is 13.7. The molecule has 3 aliphatic rings. The van der Waals surface area contributed by atoms with Crippen molar-refractivity contribution in [3.8, 4) is 6.07 Å². The Morgan fingerprint density at radius 2 is 2.21 bits per heavy atom. The summed E-state index contributed by atoms with van der Waals surface area (Å²) in [4.78, 5) is 33.3. The Morgan fingerprint density at radius 3 is 2.91 bits per heavy atom. The van der Waals surface area contributed by atoms with Gasteiger partial charge in [0.1, 0.15) is 10.4 Å². The number of thiophene rings is 1. The predicted molar refractivity (Wildman–Crippen MR) is 130 cm³/mol. The number of nitrogens with zero attached hydrogens (tertiary/aromatic N) is 3. The molecule has 1 aliphatic heterocycles. The predicted octanol–water partition coefficient (Wildman–Crippen LogP) is 3.66. The second-order valence-electron chi connectivity index (χ2n) is 9.90. The van der Waals surface area contributed by atoms with Gasteiger partial charge in [0.05, 0.1) is 29.9 Å². The molecule has 2 fully saturated rings. The number of rotatable bonds is 7. The van der Waals surface area contributed by atoms with Gasteiger partial charge in [0.25, 0.3) is 5.56 Å². The Kier molecular flexibility index (Phi) is 6.27. The van der Waals surface area contributed by atoms with Crippen molar-refractivity contribution in [3.63, 3.8) is 0 Å². The van der Waals surface area contributed by atoms with Crippen LogP contribution in [0.2, 0.25) is 0 Å². The SMILES string of the molecule is CC1CCc2c(sc3nc(SCC(=O)NC(C)(C#N)C4CC4)n(CC4CCCO4)c(=O)c23)C1. The molecule has 0 aromatic carbocycles. The summed E-state index contributed by atoms with van der Waals surface area (Å²) in [6, 6.07) is 2.27. The molecule has 2 aromatic heterocycles. The number of hydrogen-bond acceptors (Lipinski definition) is 7. The van der Waals surface area contributed by atoms with E-state index in [1.807, 2.05) is 0 Å². The van der Waals surface area contributed by atoms with Crippen molar-refractivity contribution in [3.05, 3.63) is 20.8 Å². The van der Waals surface area contributed by atoms with Gasteiger partial charge in [0.15, 0.2) is 5.16 Å². The summed E-state index contributed by atoms with van der Waals surface area (Å²) in [7, 11) is 0. The summed E-state index contributed by atoms with van der Waals surface area (Å²) >= 11 is 2.91. The molecule has 0 radical (unpaired) electrons. The number of nitriles is 1. The molecule has 2 aliphatic carbocycles. The summed E-state index contributed by atoms with van der Waals surface area (Å²) < 4.78 is 7.54. The molecule has 1 N–H and O–H groups in total. The van der Waals surface area contributed by atoms with Crippen molar-refractivity contribution >= 4 is 39.2 Å². The first kappa shape index (κ1) is 22.9. The normalized spacial score (nSPS) is 24.3. The van der Waals surface area contributed by atoms with E-state index in [2.05, 4.69) is 18.3 Å². The Morgan fingerprint density at radius 1 is 1.39 bits per heavy atom. The van der Waals surface area contributed by atoms with Gasteiger partial charge < -0.3 is 10.1 Å². The van der Waals surface area contributed by atoms with Gasteiger partial charge in [-0.1, -0.05) is 18.7 Å². The molecule has 1 saturated carbocycles. The van der Waals surface area contributed by atoms with Gasteiger partial charge in [-0.3, -0.25) is 14.2 Å². The lowest BCUT2D eigenvalue weighted by molar-refractivity contribution is -0.119. The van der Waals surface area contributed by atoms with Crippen molar-refractivity contribution in [1.82, 2.24) is 14.9 Å². The van der Waals surface area contributed by atoms with E-state index in [9.17, 15) is 14.9 Å². The standard InChI is InChI=1S/C24H30N4O3S2/c1-14-5-8-17-18(10-14)33-21-20(17)22(30)28(11-16-4-3-9-31-16)23(26-21)32-12-19(29)27-24(2,13-25)15-6-7-15/h14-16H,3-12H2,1-2H3,(H,27,29). The van der Waals surface area contributed by atoms with Crippen molar-refractivity contribution in [2.75, 3.05) is 12.4 Å². The number of carbonyl (C=O) groups is 1. The zero-order valence-corrected chi connectivity index (χ0v) is 20.8. The van der Waals surface area contributed by atoms with Gasteiger partial charge in [-0.25, -0.2) is 4.98 Å². The van der Waals surface area contributed by atoms with Gasteiger partial charge >= 0.3 is 0 Å². The molecule has 0 bridgehead atoms. The molecule has 3 heterocycles. The van der Waals surface area contributed by atoms with E-state index in [-0.39, 0.29) is 29.2 Å². The maximum Gasteiger partial charge on any atom is 0.263 e. The average Bonchev–Trinajstić information content (AvgIpc) is 3.42. The third kappa shape index (κ3) is 4.58. The highest BCUT2D eigenvalue weighted by Gasteiger charge is 2.43. The molecule has 1 amide bonds. The first-order chi connectivity index (χ1) is 15.9. The second-order valence-corrected chi connectivity index (χ2v) is 11.9. The van der Waals surface area contributed by atoms with Crippen LogP contribution in [0.15, 0.2) is 9.95 Å². The zero-order chi connectivity index (χ0) is 23.2. The molecule has 3 unspecified atom stereocenters. The number of aromatic nitrogens is 2. The van der Waals surface area contributed by atoms with Gasteiger partial charge in [-0.15, -0.1) is 11.3 Å². The number of carbonyl (C=O) groups excluding carboxylic acids is 1. The molecular weight excluding hydrogens is 456 g/mol. The summed E-state index contributed by atoms with van der Waals surface area (Å²) in [5.74, 6) is 0.769. The molecule has 176 valence electrons. The fraction of sp³-hybridized carbons (Fsp3) is 0.667. The van der Waals surface area contributed by atoms with Gasteiger partial charge in [-0.2, -0.15) is 5.26 Å². The molecule has 5 rings (SSSR count). The Bertz CT molecular complexity index is 1170. The van der Waals surface area contributed by atoms with Crippen molar-refractivity contribution in [2.45, 2.75) is 82.1 Å². The number of fused-ring (bicyclic) bond motifs is 3. The fourth-order valence-corrected chi connectivity index (χ4v) is 7.24. The van der Waals surface area contributed by atoms with Crippen LogP contribution < -0.4 is 10.9 Å².